The van der Waals surface area contributed by atoms with Crippen molar-refractivity contribution in [3.63, 3.8) is 0 Å². The van der Waals surface area contributed by atoms with Crippen LogP contribution in [-0.4, -0.2) is 63.8 Å². The Kier molecular flexibility index (Phi) is 6.61. The topological polar surface area (TPSA) is 128 Å². The van der Waals surface area contributed by atoms with Crippen LogP contribution in [0.1, 0.15) is 25.7 Å². The molecule has 1 saturated carbocycles. The zero-order valence-electron chi connectivity index (χ0n) is 18.8. The predicted octanol–water partition coefficient (Wildman–Crippen LogP) is 3.21. The smallest absolute Gasteiger partial charge is 0.305 e. The van der Waals surface area contributed by atoms with E-state index in [-0.39, 0.29) is 11.8 Å². The van der Waals surface area contributed by atoms with Gasteiger partial charge in [-0.1, -0.05) is 0 Å². The molecule has 34 heavy (non-hydrogen) atoms. The third-order valence-electron chi connectivity index (χ3n) is 6.39. The van der Waals surface area contributed by atoms with E-state index in [2.05, 4.69) is 42.3 Å². The zero-order valence-corrected chi connectivity index (χ0v) is 18.8. The van der Waals surface area contributed by atoms with E-state index < -0.39 is 4.92 Å². The number of benzene rings is 1. The number of ether oxygens (including phenoxy) is 2. The summed E-state index contributed by atoms with van der Waals surface area (Å²) in [6.45, 7) is 3.87. The average molecular weight is 466 g/mol. The van der Waals surface area contributed by atoms with Crippen molar-refractivity contribution in [1.82, 2.24) is 19.9 Å². The van der Waals surface area contributed by atoms with Crippen LogP contribution >= 0.6 is 0 Å². The molecule has 11 heteroatoms. The van der Waals surface area contributed by atoms with Gasteiger partial charge in [-0.05, 0) is 37.7 Å². The lowest BCUT2D eigenvalue weighted by atomic mass is 9.87. The van der Waals surface area contributed by atoms with Gasteiger partial charge in [-0.25, -0.2) is 15.0 Å². The van der Waals surface area contributed by atoms with E-state index in [0.29, 0.717) is 11.9 Å². The summed E-state index contributed by atoms with van der Waals surface area (Å²) in [5.74, 6) is 1.66. The van der Waals surface area contributed by atoms with Crippen LogP contribution in [0.5, 0.6) is 5.75 Å². The number of rotatable bonds is 7. The van der Waals surface area contributed by atoms with Gasteiger partial charge in [-0.2, -0.15) is 0 Å². The SMILES string of the molecule is O=[N+]([O-])c1cnc(NCC2CCC(Oc3cc(N4CCOCC4)cc4nccnc34)CC2)nc1. The molecule has 2 aliphatic rings. The van der Waals surface area contributed by atoms with Gasteiger partial charge < -0.3 is 19.7 Å². The molecular weight excluding hydrogens is 438 g/mol. The Balaban J connectivity index is 1.19. The van der Waals surface area contributed by atoms with Crippen LogP contribution < -0.4 is 15.0 Å². The molecule has 178 valence electrons. The summed E-state index contributed by atoms with van der Waals surface area (Å²) in [6, 6.07) is 4.16. The molecule has 0 unspecified atom stereocenters. The van der Waals surface area contributed by atoms with Crippen molar-refractivity contribution in [2.45, 2.75) is 31.8 Å². The number of aromatic nitrogens is 4. The molecule has 0 radical (unpaired) electrons. The van der Waals surface area contributed by atoms with Crippen molar-refractivity contribution >= 4 is 28.4 Å². The lowest BCUT2D eigenvalue weighted by Gasteiger charge is -2.31. The molecule has 0 bridgehead atoms. The summed E-state index contributed by atoms with van der Waals surface area (Å²) in [5.41, 5.74) is 2.60. The van der Waals surface area contributed by atoms with Crippen LogP contribution in [0.2, 0.25) is 0 Å². The van der Waals surface area contributed by atoms with Gasteiger partial charge in [0.25, 0.3) is 0 Å². The lowest BCUT2D eigenvalue weighted by Crippen LogP contribution is -2.36. The molecule has 3 aromatic rings. The Hall–Kier alpha value is -3.60. The minimum atomic E-state index is -0.503. The van der Waals surface area contributed by atoms with Gasteiger partial charge in [-0.15, -0.1) is 0 Å². The number of anilines is 2. The lowest BCUT2D eigenvalue weighted by molar-refractivity contribution is -0.385. The van der Waals surface area contributed by atoms with Crippen LogP contribution in [0, 0.1) is 16.0 Å². The highest BCUT2D eigenvalue weighted by molar-refractivity contribution is 5.85. The van der Waals surface area contributed by atoms with Gasteiger partial charge >= 0.3 is 5.69 Å². The highest BCUT2D eigenvalue weighted by Crippen LogP contribution is 2.34. The second-order valence-corrected chi connectivity index (χ2v) is 8.63. The van der Waals surface area contributed by atoms with E-state index in [1.807, 2.05) is 0 Å². The van der Waals surface area contributed by atoms with Crippen LogP contribution in [0.4, 0.5) is 17.3 Å². The van der Waals surface area contributed by atoms with Crippen molar-refractivity contribution in [3.05, 3.63) is 47.0 Å². The molecule has 2 aromatic heterocycles. The molecule has 2 fully saturated rings. The van der Waals surface area contributed by atoms with Crippen molar-refractivity contribution in [2.24, 2.45) is 5.92 Å². The van der Waals surface area contributed by atoms with Crippen LogP contribution in [0.3, 0.4) is 0 Å². The summed E-state index contributed by atoms with van der Waals surface area (Å²) in [4.78, 5) is 29.6. The normalized spacial score (nSPS) is 20.8. The molecule has 1 N–H and O–H groups in total. The summed E-state index contributed by atoms with van der Waals surface area (Å²) in [6.07, 6.45) is 9.88. The third kappa shape index (κ3) is 5.14. The molecule has 5 rings (SSSR count). The van der Waals surface area contributed by atoms with Gasteiger partial charge in [-0.3, -0.25) is 15.1 Å². The molecule has 0 atom stereocenters. The fourth-order valence-corrected chi connectivity index (χ4v) is 4.50. The molecule has 0 spiro atoms. The Labute approximate surface area is 196 Å². The Morgan fingerprint density at radius 2 is 1.79 bits per heavy atom. The maximum Gasteiger partial charge on any atom is 0.305 e. The Bertz CT molecular complexity index is 1130. The summed E-state index contributed by atoms with van der Waals surface area (Å²) >= 11 is 0. The zero-order chi connectivity index (χ0) is 23.3. The second kappa shape index (κ2) is 10.1. The van der Waals surface area contributed by atoms with E-state index in [1.165, 1.54) is 12.4 Å². The molecular formula is C23H27N7O4. The molecule has 3 heterocycles. The van der Waals surface area contributed by atoms with Crippen LogP contribution in [-0.2, 0) is 4.74 Å². The van der Waals surface area contributed by atoms with Crippen LogP contribution in [0.15, 0.2) is 36.9 Å². The summed E-state index contributed by atoms with van der Waals surface area (Å²) in [5, 5.41) is 13.9. The molecule has 0 amide bonds. The van der Waals surface area contributed by atoms with E-state index in [0.717, 1.165) is 81.0 Å². The van der Waals surface area contributed by atoms with Crippen molar-refractivity contribution in [1.29, 1.82) is 0 Å². The number of nitro groups is 1. The van der Waals surface area contributed by atoms with Gasteiger partial charge in [0, 0.05) is 43.8 Å². The number of nitrogens with zero attached hydrogens (tertiary/aromatic N) is 6. The molecule has 1 aromatic carbocycles. The summed E-state index contributed by atoms with van der Waals surface area (Å²) in [7, 11) is 0. The first-order valence-electron chi connectivity index (χ1n) is 11.6. The first kappa shape index (κ1) is 22.2. The van der Waals surface area contributed by atoms with E-state index in [9.17, 15) is 10.1 Å². The summed E-state index contributed by atoms with van der Waals surface area (Å²) < 4.78 is 12.0. The number of hydrogen-bond acceptors (Lipinski definition) is 10. The highest BCUT2D eigenvalue weighted by atomic mass is 16.6. The molecule has 11 nitrogen and oxygen atoms in total. The van der Waals surface area contributed by atoms with Crippen molar-refractivity contribution in [3.8, 4) is 5.75 Å². The van der Waals surface area contributed by atoms with Gasteiger partial charge in [0.1, 0.15) is 23.7 Å². The first-order chi connectivity index (χ1) is 16.7. The fourth-order valence-electron chi connectivity index (χ4n) is 4.50. The predicted molar refractivity (Wildman–Crippen MR) is 126 cm³/mol. The van der Waals surface area contributed by atoms with Crippen molar-refractivity contribution < 1.29 is 14.4 Å². The third-order valence-corrected chi connectivity index (χ3v) is 6.39. The largest absolute Gasteiger partial charge is 0.488 e. The molecule has 1 aliphatic heterocycles. The minimum absolute atomic E-state index is 0.113. The Morgan fingerprint density at radius 3 is 2.53 bits per heavy atom. The molecule has 1 saturated heterocycles. The number of hydrogen-bond donors (Lipinski definition) is 1. The average Bonchev–Trinajstić information content (AvgIpc) is 2.89. The van der Waals surface area contributed by atoms with Gasteiger partial charge in [0.2, 0.25) is 5.95 Å². The van der Waals surface area contributed by atoms with E-state index in [4.69, 9.17) is 9.47 Å². The Morgan fingerprint density at radius 1 is 1.06 bits per heavy atom. The van der Waals surface area contributed by atoms with Gasteiger partial charge in [0.05, 0.1) is 29.8 Å². The van der Waals surface area contributed by atoms with Gasteiger partial charge in [0.15, 0.2) is 0 Å². The number of nitrogens with one attached hydrogen (secondary N) is 1. The first-order valence-corrected chi connectivity index (χ1v) is 11.6. The maximum absolute atomic E-state index is 10.7. The standard InChI is InChI=1S/C23H27N7O4/c31-30(32)18-14-27-23(28-15-18)26-13-16-1-3-19(4-2-16)34-21-12-17(29-7-9-33-10-8-29)11-20-22(21)25-6-5-24-20/h5-6,11-12,14-16,19H,1-4,7-10,13H2,(H,26,27,28). The maximum atomic E-state index is 10.7. The molecule has 1 aliphatic carbocycles. The highest BCUT2D eigenvalue weighted by Gasteiger charge is 2.24. The van der Waals surface area contributed by atoms with Crippen molar-refractivity contribution in [2.75, 3.05) is 43.1 Å². The number of morpholine rings is 1. The van der Waals surface area contributed by atoms with E-state index in [1.54, 1.807) is 12.4 Å². The monoisotopic (exact) mass is 465 g/mol. The minimum Gasteiger partial charge on any atom is -0.488 e. The number of fused-ring (bicyclic) bond motifs is 1. The van der Waals surface area contributed by atoms with Crippen LogP contribution in [0.25, 0.3) is 11.0 Å². The second-order valence-electron chi connectivity index (χ2n) is 8.63. The quantitative estimate of drug-likeness (QED) is 0.410. The fraction of sp³-hybridized carbons (Fsp3) is 0.478. The van der Waals surface area contributed by atoms with E-state index >= 15 is 0 Å².